The third kappa shape index (κ3) is 5.89. The first-order valence-corrected chi connectivity index (χ1v) is 11.4. The summed E-state index contributed by atoms with van der Waals surface area (Å²) in [5.41, 5.74) is 0.961. The smallest absolute Gasteiger partial charge is 0.241 e. The maximum atomic E-state index is 12.5. The molecule has 30 heavy (non-hydrogen) atoms. The molecule has 7 heteroatoms. The molecule has 0 aliphatic carbocycles. The van der Waals surface area contributed by atoms with Gasteiger partial charge in [-0.1, -0.05) is 41.9 Å². The zero-order chi connectivity index (χ0) is 20.6. The summed E-state index contributed by atoms with van der Waals surface area (Å²) in [7, 11) is 0. The maximum absolute atomic E-state index is 12.5. The van der Waals surface area contributed by atoms with Crippen LogP contribution in [0.15, 0.2) is 34.9 Å². The highest BCUT2D eigenvalue weighted by molar-refractivity contribution is 5.78. The molecule has 1 amide bonds. The molecule has 4 rings (SSSR count). The van der Waals surface area contributed by atoms with E-state index in [0.717, 1.165) is 51.0 Å². The molecule has 2 aliphatic rings. The number of amides is 1. The van der Waals surface area contributed by atoms with E-state index >= 15 is 0 Å². The van der Waals surface area contributed by atoms with Crippen LogP contribution in [-0.2, 0) is 11.3 Å². The van der Waals surface area contributed by atoms with Crippen molar-refractivity contribution in [2.24, 2.45) is 5.92 Å². The van der Waals surface area contributed by atoms with Gasteiger partial charge in [-0.05, 0) is 64.8 Å². The molecule has 0 unspecified atom stereocenters. The minimum Gasteiger partial charge on any atom is -0.356 e. The maximum Gasteiger partial charge on any atom is 0.241 e. The van der Waals surface area contributed by atoms with Crippen LogP contribution in [-0.4, -0.2) is 65.1 Å². The van der Waals surface area contributed by atoms with Crippen LogP contribution in [0.5, 0.6) is 0 Å². The summed E-state index contributed by atoms with van der Waals surface area (Å²) < 4.78 is 5.43. The van der Waals surface area contributed by atoms with Crippen molar-refractivity contribution in [1.29, 1.82) is 0 Å². The second kappa shape index (κ2) is 10.7. The molecular weight excluding hydrogens is 378 g/mol. The number of likely N-dealkylation sites (tertiary alicyclic amines) is 2. The van der Waals surface area contributed by atoms with Gasteiger partial charge in [-0.3, -0.25) is 9.69 Å². The van der Waals surface area contributed by atoms with Crippen LogP contribution in [0.3, 0.4) is 0 Å². The number of rotatable bonds is 8. The highest BCUT2D eigenvalue weighted by Gasteiger charge is 2.25. The Bertz CT molecular complexity index is 780. The molecule has 0 radical (unpaired) electrons. The van der Waals surface area contributed by atoms with Gasteiger partial charge in [-0.2, -0.15) is 4.98 Å². The third-order valence-electron chi connectivity index (χ3n) is 6.22. The molecule has 1 N–H and O–H groups in total. The fourth-order valence-electron chi connectivity index (χ4n) is 4.41. The molecule has 1 aromatic carbocycles. The zero-order valence-corrected chi connectivity index (χ0v) is 17.8. The minimum atomic E-state index is 0.124. The van der Waals surface area contributed by atoms with E-state index in [0.29, 0.717) is 18.3 Å². The predicted molar refractivity (Wildman–Crippen MR) is 116 cm³/mol. The van der Waals surface area contributed by atoms with Gasteiger partial charge >= 0.3 is 0 Å². The van der Waals surface area contributed by atoms with Gasteiger partial charge in [0.1, 0.15) is 0 Å². The van der Waals surface area contributed by atoms with Crippen molar-refractivity contribution in [2.45, 2.75) is 45.1 Å². The summed E-state index contributed by atoms with van der Waals surface area (Å²) in [5, 5.41) is 7.24. The molecule has 2 fully saturated rings. The topological polar surface area (TPSA) is 74.5 Å². The number of nitrogens with zero attached hydrogens (tertiary/aromatic N) is 4. The van der Waals surface area contributed by atoms with Crippen molar-refractivity contribution in [3.8, 4) is 11.4 Å². The molecule has 3 heterocycles. The summed E-state index contributed by atoms with van der Waals surface area (Å²) >= 11 is 0. The Labute approximate surface area is 178 Å². The lowest BCUT2D eigenvalue weighted by atomic mass is 9.96. The van der Waals surface area contributed by atoms with E-state index in [1.54, 1.807) is 0 Å². The van der Waals surface area contributed by atoms with Crippen molar-refractivity contribution in [1.82, 2.24) is 25.3 Å². The number of piperidine rings is 2. The molecule has 0 atom stereocenters. The van der Waals surface area contributed by atoms with Crippen molar-refractivity contribution >= 4 is 5.91 Å². The Hall–Kier alpha value is -2.25. The molecule has 0 saturated carbocycles. The molecule has 7 nitrogen and oxygen atoms in total. The lowest BCUT2D eigenvalue weighted by Gasteiger charge is -2.30. The average molecular weight is 412 g/mol. The number of hydrogen-bond donors (Lipinski definition) is 1. The normalized spacial score (nSPS) is 19.1. The predicted octanol–water partition coefficient (Wildman–Crippen LogP) is 2.94. The number of aromatic nitrogens is 2. The van der Waals surface area contributed by atoms with Crippen molar-refractivity contribution in [2.75, 3.05) is 39.3 Å². The van der Waals surface area contributed by atoms with E-state index in [9.17, 15) is 4.79 Å². The van der Waals surface area contributed by atoms with Gasteiger partial charge in [0.15, 0.2) is 0 Å². The van der Waals surface area contributed by atoms with Crippen LogP contribution in [0.2, 0.25) is 0 Å². The number of nitrogens with one attached hydrogen (secondary N) is 1. The third-order valence-corrected chi connectivity index (χ3v) is 6.22. The van der Waals surface area contributed by atoms with Gasteiger partial charge in [-0.15, -0.1) is 0 Å². The van der Waals surface area contributed by atoms with Crippen molar-refractivity contribution in [3.05, 3.63) is 36.2 Å². The van der Waals surface area contributed by atoms with Crippen LogP contribution in [0.1, 0.15) is 44.4 Å². The first-order valence-electron chi connectivity index (χ1n) is 11.4. The fourth-order valence-corrected chi connectivity index (χ4v) is 4.41. The van der Waals surface area contributed by atoms with Crippen LogP contribution >= 0.6 is 0 Å². The first kappa shape index (κ1) is 21.0. The first-order chi connectivity index (χ1) is 14.8. The molecule has 162 valence electrons. The zero-order valence-electron chi connectivity index (χ0n) is 17.8. The Kier molecular flexibility index (Phi) is 7.48. The fraction of sp³-hybridized carbons (Fsp3) is 0.609. The lowest BCUT2D eigenvalue weighted by molar-refractivity contribution is -0.126. The van der Waals surface area contributed by atoms with E-state index in [-0.39, 0.29) is 11.8 Å². The summed E-state index contributed by atoms with van der Waals surface area (Å²) in [6.45, 7) is 6.75. The standard InChI is InChI=1S/C23H33N5O2/c29-23(24-12-7-15-27-13-5-2-6-14-27)20-10-16-28(17-11-20)18-21-25-22(26-30-21)19-8-3-1-4-9-19/h1,3-4,8-9,20H,2,5-7,10-18H2,(H,24,29). The molecular formula is C23H33N5O2. The number of benzene rings is 1. The van der Waals surface area contributed by atoms with E-state index in [4.69, 9.17) is 4.52 Å². The monoisotopic (exact) mass is 411 g/mol. The molecule has 0 bridgehead atoms. The van der Waals surface area contributed by atoms with Gasteiger partial charge in [0.2, 0.25) is 17.6 Å². The van der Waals surface area contributed by atoms with E-state index in [1.807, 2.05) is 30.3 Å². The molecule has 0 spiro atoms. The van der Waals surface area contributed by atoms with Gasteiger partial charge in [-0.25, -0.2) is 0 Å². The van der Waals surface area contributed by atoms with Crippen molar-refractivity contribution in [3.63, 3.8) is 0 Å². The molecule has 2 saturated heterocycles. The summed E-state index contributed by atoms with van der Waals surface area (Å²) in [6.07, 6.45) is 6.83. The van der Waals surface area contributed by atoms with Gasteiger partial charge < -0.3 is 14.7 Å². The van der Waals surface area contributed by atoms with Crippen LogP contribution in [0, 0.1) is 5.92 Å². The van der Waals surface area contributed by atoms with Gasteiger partial charge in [0.05, 0.1) is 6.54 Å². The second-order valence-corrected chi connectivity index (χ2v) is 8.48. The van der Waals surface area contributed by atoms with E-state index < -0.39 is 0 Å². The van der Waals surface area contributed by atoms with Crippen LogP contribution in [0.25, 0.3) is 11.4 Å². The number of hydrogen-bond acceptors (Lipinski definition) is 6. The van der Waals surface area contributed by atoms with Gasteiger partial charge in [0.25, 0.3) is 0 Å². The Morgan fingerprint density at radius 3 is 2.57 bits per heavy atom. The Morgan fingerprint density at radius 1 is 1.03 bits per heavy atom. The number of carbonyl (C=O) groups is 1. The average Bonchev–Trinajstić information content (AvgIpc) is 3.27. The highest BCUT2D eigenvalue weighted by atomic mass is 16.5. The van der Waals surface area contributed by atoms with Crippen LogP contribution < -0.4 is 5.32 Å². The van der Waals surface area contributed by atoms with Gasteiger partial charge in [0, 0.05) is 18.0 Å². The number of carbonyl (C=O) groups excluding carboxylic acids is 1. The summed E-state index contributed by atoms with van der Waals surface area (Å²) in [4.78, 5) is 21.8. The Morgan fingerprint density at radius 2 is 1.80 bits per heavy atom. The van der Waals surface area contributed by atoms with Crippen LogP contribution in [0.4, 0.5) is 0 Å². The quantitative estimate of drug-likeness (QED) is 0.673. The highest BCUT2D eigenvalue weighted by Crippen LogP contribution is 2.20. The lowest BCUT2D eigenvalue weighted by Crippen LogP contribution is -2.41. The largest absolute Gasteiger partial charge is 0.356 e. The summed E-state index contributed by atoms with van der Waals surface area (Å²) in [5.74, 6) is 1.61. The minimum absolute atomic E-state index is 0.124. The van der Waals surface area contributed by atoms with E-state index in [2.05, 4.69) is 25.3 Å². The molecule has 2 aromatic rings. The second-order valence-electron chi connectivity index (χ2n) is 8.48. The molecule has 1 aromatic heterocycles. The SMILES string of the molecule is O=C(NCCCN1CCCCC1)C1CCN(Cc2nc(-c3ccccc3)no2)CC1. The van der Waals surface area contributed by atoms with Crippen molar-refractivity contribution < 1.29 is 9.32 Å². The Balaban J connectivity index is 1.14. The summed E-state index contributed by atoms with van der Waals surface area (Å²) in [6, 6.07) is 9.86. The van der Waals surface area contributed by atoms with E-state index in [1.165, 1.54) is 32.4 Å². The molecule has 2 aliphatic heterocycles.